The molecule has 2 N–H and O–H groups in total. The molecular formula is C58H103N2O6P. The molecule has 0 bridgehead atoms. The van der Waals surface area contributed by atoms with Gasteiger partial charge < -0.3 is 28.8 Å². The summed E-state index contributed by atoms with van der Waals surface area (Å²) in [5, 5.41) is 13.8. The Morgan fingerprint density at radius 1 is 0.537 bits per heavy atom. The van der Waals surface area contributed by atoms with Crippen molar-refractivity contribution in [3.8, 4) is 0 Å². The quantitative estimate of drug-likeness (QED) is 0.0272. The normalized spacial score (nSPS) is 14.8. The molecule has 0 radical (unpaired) electrons. The van der Waals surface area contributed by atoms with Crippen LogP contribution in [0.2, 0.25) is 0 Å². The third-order valence-electron chi connectivity index (χ3n) is 11.5. The number of hydrogen-bond donors (Lipinski definition) is 2. The third kappa shape index (κ3) is 51.1. The first-order chi connectivity index (χ1) is 32.5. The van der Waals surface area contributed by atoms with Crippen LogP contribution in [0.5, 0.6) is 0 Å². The van der Waals surface area contributed by atoms with Crippen LogP contribution in [0.3, 0.4) is 0 Å². The zero-order valence-electron chi connectivity index (χ0n) is 43.8. The largest absolute Gasteiger partial charge is 0.756 e. The molecule has 8 nitrogen and oxygen atoms in total. The van der Waals surface area contributed by atoms with Gasteiger partial charge in [0.25, 0.3) is 7.82 Å². The molecule has 0 aliphatic heterocycles. The number of phosphoric ester groups is 1. The Morgan fingerprint density at radius 3 is 1.39 bits per heavy atom. The molecule has 0 spiro atoms. The third-order valence-corrected chi connectivity index (χ3v) is 12.5. The molecule has 9 heteroatoms. The zero-order chi connectivity index (χ0) is 49.2. The summed E-state index contributed by atoms with van der Waals surface area (Å²) in [6, 6.07) is -0.920. The standard InChI is InChI=1S/C58H103N2O6P/c1-6-8-10-12-14-16-18-20-22-24-26-28-29-30-31-32-34-36-38-40-42-44-46-48-50-52-58(62)59-56(55-66-67(63,64)65-54-53-60(3,4)5)57(61)51-49-47-45-43-41-39-37-35-33-27-25-23-21-19-17-15-13-11-9-7-2/h8,10,14,16,20,22,26,28,30-31,33,35,41,43,49,51,56-57,61H,6-7,9,11-13,15,17-19,21,23-25,27,29,32,34,36-40,42,44-48,50,52-55H2,1-5H3,(H-,59,62,63,64)/b10-8-,16-14-,22-20-,28-26-,31-30-,35-33+,43-41+,51-49+. The monoisotopic (exact) mass is 955 g/mol. The number of phosphoric acid groups is 1. The van der Waals surface area contributed by atoms with Gasteiger partial charge in [-0.2, -0.15) is 0 Å². The Balaban J connectivity index is 4.36. The van der Waals surface area contributed by atoms with Crippen molar-refractivity contribution in [1.29, 1.82) is 0 Å². The Labute approximate surface area is 413 Å². The van der Waals surface area contributed by atoms with E-state index < -0.39 is 26.6 Å². The van der Waals surface area contributed by atoms with Crippen molar-refractivity contribution in [3.05, 3.63) is 97.2 Å². The molecule has 0 rings (SSSR count). The molecule has 0 aromatic heterocycles. The van der Waals surface area contributed by atoms with E-state index >= 15 is 0 Å². The molecule has 0 fully saturated rings. The summed E-state index contributed by atoms with van der Waals surface area (Å²) in [6.07, 6.45) is 69.0. The lowest BCUT2D eigenvalue weighted by Crippen LogP contribution is -2.45. The molecule has 0 aliphatic carbocycles. The van der Waals surface area contributed by atoms with E-state index in [9.17, 15) is 19.4 Å². The van der Waals surface area contributed by atoms with Crippen molar-refractivity contribution in [2.45, 2.75) is 225 Å². The smallest absolute Gasteiger partial charge is 0.268 e. The summed E-state index contributed by atoms with van der Waals surface area (Å²) in [7, 11) is 1.22. The average molecular weight is 955 g/mol. The summed E-state index contributed by atoms with van der Waals surface area (Å²) in [4.78, 5) is 25.5. The number of nitrogens with one attached hydrogen (secondary N) is 1. The molecule has 0 aromatic carbocycles. The van der Waals surface area contributed by atoms with Crippen molar-refractivity contribution in [2.75, 3.05) is 40.9 Å². The van der Waals surface area contributed by atoms with E-state index in [1.165, 1.54) is 103 Å². The van der Waals surface area contributed by atoms with Crippen molar-refractivity contribution >= 4 is 13.7 Å². The van der Waals surface area contributed by atoms with Crippen LogP contribution in [-0.2, 0) is 18.4 Å². The number of allylic oxidation sites excluding steroid dienone is 15. The number of aliphatic hydroxyl groups is 1. The average Bonchev–Trinajstić information content (AvgIpc) is 3.29. The van der Waals surface area contributed by atoms with Crippen molar-refractivity contribution in [3.63, 3.8) is 0 Å². The molecule has 386 valence electrons. The predicted molar refractivity (Wildman–Crippen MR) is 288 cm³/mol. The minimum atomic E-state index is -4.62. The van der Waals surface area contributed by atoms with Crippen LogP contribution >= 0.6 is 7.82 Å². The van der Waals surface area contributed by atoms with Gasteiger partial charge in [-0.05, 0) is 89.9 Å². The molecule has 0 saturated carbocycles. The van der Waals surface area contributed by atoms with E-state index in [-0.39, 0.29) is 12.5 Å². The number of likely N-dealkylation sites (N-methyl/N-ethyl adjacent to an activating group) is 1. The number of quaternary nitrogens is 1. The van der Waals surface area contributed by atoms with Crippen LogP contribution in [0.1, 0.15) is 213 Å². The number of rotatable bonds is 48. The molecule has 0 aromatic rings. The second-order valence-electron chi connectivity index (χ2n) is 19.2. The van der Waals surface area contributed by atoms with Crippen LogP contribution in [-0.4, -0.2) is 68.5 Å². The van der Waals surface area contributed by atoms with E-state index in [0.717, 1.165) is 89.9 Å². The summed E-state index contributed by atoms with van der Waals surface area (Å²) in [5.74, 6) is -0.222. The number of aliphatic hydroxyl groups excluding tert-OH is 1. The number of hydrogen-bond acceptors (Lipinski definition) is 6. The van der Waals surface area contributed by atoms with Gasteiger partial charge in [-0.25, -0.2) is 0 Å². The van der Waals surface area contributed by atoms with Gasteiger partial charge in [0.2, 0.25) is 5.91 Å². The molecule has 67 heavy (non-hydrogen) atoms. The highest BCUT2D eigenvalue weighted by Crippen LogP contribution is 2.38. The highest BCUT2D eigenvalue weighted by molar-refractivity contribution is 7.45. The van der Waals surface area contributed by atoms with Crippen molar-refractivity contribution in [2.24, 2.45) is 0 Å². The second kappa shape index (κ2) is 48.4. The number of carbonyl (C=O) groups excluding carboxylic acids is 1. The van der Waals surface area contributed by atoms with E-state index in [1.807, 2.05) is 27.2 Å². The Hall–Kier alpha value is -2.58. The Bertz CT molecular complexity index is 1410. The SMILES string of the molecule is CC/C=C\C/C=C\C/C=C\C/C=C\C/C=C\CCCCCCCCCCCC(=O)NC(COP(=O)([O-])OCC[N+](C)(C)C)C(O)/C=C/CC/C=C/CC/C=C/CCCCCCCCCCCC. The van der Waals surface area contributed by atoms with Gasteiger partial charge >= 0.3 is 0 Å². The first-order valence-corrected chi connectivity index (χ1v) is 28.6. The van der Waals surface area contributed by atoms with Gasteiger partial charge in [0.15, 0.2) is 0 Å². The van der Waals surface area contributed by atoms with Crippen LogP contribution in [0, 0.1) is 0 Å². The lowest BCUT2D eigenvalue weighted by atomic mass is 10.1. The number of unbranched alkanes of at least 4 members (excludes halogenated alkanes) is 21. The van der Waals surface area contributed by atoms with Crippen LogP contribution < -0.4 is 10.2 Å². The van der Waals surface area contributed by atoms with Gasteiger partial charge in [-0.15, -0.1) is 0 Å². The molecule has 1 amide bonds. The first kappa shape index (κ1) is 64.4. The van der Waals surface area contributed by atoms with E-state index in [4.69, 9.17) is 9.05 Å². The van der Waals surface area contributed by atoms with E-state index in [0.29, 0.717) is 17.4 Å². The Kier molecular flexibility index (Phi) is 46.6. The molecular weight excluding hydrogens is 852 g/mol. The van der Waals surface area contributed by atoms with Gasteiger partial charge in [0.05, 0.1) is 39.9 Å². The molecule has 3 atom stereocenters. The van der Waals surface area contributed by atoms with Gasteiger partial charge in [0, 0.05) is 6.42 Å². The molecule has 0 aliphatic rings. The lowest BCUT2D eigenvalue weighted by molar-refractivity contribution is -0.870. The molecule has 0 saturated heterocycles. The summed E-state index contributed by atoms with van der Waals surface area (Å²) >= 11 is 0. The van der Waals surface area contributed by atoms with Crippen molar-refractivity contribution in [1.82, 2.24) is 5.32 Å². The predicted octanol–water partition coefficient (Wildman–Crippen LogP) is 15.6. The fourth-order valence-corrected chi connectivity index (χ4v) is 7.99. The summed E-state index contributed by atoms with van der Waals surface area (Å²) in [6.45, 7) is 4.49. The maximum Gasteiger partial charge on any atom is 0.268 e. The number of carbonyl (C=O) groups is 1. The highest BCUT2D eigenvalue weighted by Gasteiger charge is 2.23. The minimum Gasteiger partial charge on any atom is -0.756 e. The minimum absolute atomic E-state index is 0.0151. The van der Waals surface area contributed by atoms with Crippen LogP contribution in [0.4, 0.5) is 0 Å². The van der Waals surface area contributed by atoms with Gasteiger partial charge in [-0.3, -0.25) is 9.36 Å². The molecule has 0 heterocycles. The number of amides is 1. The zero-order valence-corrected chi connectivity index (χ0v) is 44.7. The van der Waals surface area contributed by atoms with E-state index in [2.05, 4.69) is 104 Å². The fourth-order valence-electron chi connectivity index (χ4n) is 7.27. The Morgan fingerprint density at radius 2 is 0.925 bits per heavy atom. The topological polar surface area (TPSA) is 108 Å². The van der Waals surface area contributed by atoms with Crippen LogP contribution in [0.15, 0.2) is 97.2 Å². The van der Waals surface area contributed by atoms with Gasteiger partial charge in [-0.1, -0.05) is 214 Å². The van der Waals surface area contributed by atoms with Crippen molar-refractivity contribution < 1.29 is 32.9 Å². The number of nitrogens with zero attached hydrogens (tertiary/aromatic N) is 1. The second-order valence-corrected chi connectivity index (χ2v) is 20.6. The van der Waals surface area contributed by atoms with Crippen LogP contribution in [0.25, 0.3) is 0 Å². The summed E-state index contributed by atoms with van der Waals surface area (Å²) < 4.78 is 23.3. The highest BCUT2D eigenvalue weighted by atomic mass is 31.2. The fraction of sp³-hybridized carbons (Fsp3) is 0.707. The maximum atomic E-state index is 12.9. The maximum absolute atomic E-state index is 12.9. The first-order valence-electron chi connectivity index (χ1n) is 27.1. The molecule has 3 unspecified atom stereocenters. The van der Waals surface area contributed by atoms with E-state index in [1.54, 1.807) is 6.08 Å². The van der Waals surface area contributed by atoms with Gasteiger partial charge in [0.1, 0.15) is 13.2 Å². The lowest BCUT2D eigenvalue weighted by Gasteiger charge is -2.29. The summed E-state index contributed by atoms with van der Waals surface area (Å²) in [5.41, 5.74) is 0.